The van der Waals surface area contributed by atoms with E-state index in [9.17, 15) is 4.79 Å². The summed E-state index contributed by atoms with van der Waals surface area (Å²) in [6, 6.07) is 15.1. The fourth-order valence-electron chi connectivity index (χ4n) is 2.73. The molecule has 3 aromatic rings. The van der Waals surface area contributed by atoms with Crippen molar-refractivity contribution < 1.29 is 4.79 Å². The molecule has 0 saturated heterocycles. The van der Waals surface area contributed by atoms with Crippen LogP contribution in [0.25, 0.3) is 10.8 Å². The van der Waals surface area contributed by atoms with E-state index in [1.54, 1.807) is 7.05 Å². The molecular weight excluding hydrogens is 318 g/mol. The highest BCUT2D eigenvalue weighted by Gasteiger charge is 2.11. The van der Waals surface area contributed by atoms with Crippen molar-refractivity contribution in [1.82, 2.24) is 15.6 Å². The lowest BCUT2D eigenvalue weighted by molar-refractivity contribution is -0.119. The zero-order chi connectivity index (χ0) is 16.9. The van der Waals surface area contributed by atoms with Crippen molar-refractivity contribution >= 4 is 28.0 Å². The van der Waals surface area contributed by atoms with E-state index in [-0.39, 0.29) is 11.9 Å². The van der Waals surface area contributed by atoms with Crippen molar-refractivity contribution in [3.05, 3.63) is 64.1 Å². The van der Waals surface area contributed by atoms with E-state index in [1.807, 2.05) is 5.38 Å². The summed E-state index contributed by atoms with van der Waals surface area (Å²) in [4.78, 5) is 15.9. The zero-order valence-corrected chi connectivity index (χ0v) is 14.7. The molecule has 0 bridgehead atoms. The van der Waals surface area contributed by atoms with Crippen LogP contribution in [0.3, 0.4) is 0 Å². The zero-order valence-electron chi connectivity index (χ0n) is 13.9. The number of fused-ring (bicyclic) bond motifs is 1. The predicted molar refractivity (Wildman–Crippen MR) is 99.1 cm³/mol. The highest BCUT2D eigenvalue weighted by molar-refractivity contribution is 7.09. The third-order valence-electron chi connectivity index (χ3n) is 4.07. The summed E-state index contributed by atoms with van der Waals surface area (Å²) in [5, 5.41) is 11.6. The van der Waals surface area contributed by atoms with Crippen LogP contribution in [-0.2, 0) is 17.8 Å². The number of amides is 1. The number of hydrogen-bond acceptors (Lipinski definition) is 4. The summed E-state index contributed by atoms with van der Waals surface area (Å²) in [5.74, 6) is -0.00650. The minimum Gasteiger partial charge on any atom is -0.359 e. The van der Waals surface area contributed by atoms with Crippen LogP contribution in [0.15, 0.2) is 47.8 Å². The molecule has 0 aliphatic carbocycles. The first-order valence-electron chi connectivity index (χ1n) is 8.02. The highest BCUT2D eigenvalue weighted by atomic mass is 32.1. The summed E-state index contributed by atoms with van der Waals surface area (Å²) >= 11 is 1.53. The maximum atomic E-state index is 11.4. The van der Waals surface area contributed by atoms with Crippen molar-refractivity contribution in [2.24, 2.45) is 0 Å². The number of nitrogens with one attached hydrogen (secondary N) is 2. The van der Waals surface area contributed by atoms with Gasteiger partial charge in [0.15, 0.2) is 0 Å². The molecule has 24 heavy (non-hydrogen) atoms. The Bertz CT molecular complexity index is 838. The molecule has 124 valence electrons. The molecule has 1 amide bonds. The molecule has 1 heterocycles. The first-order chi connectivity index (χ1) is 11.7. The Kier molecular flexibility index (Phi) is 5.23. The molecule has 0 unspecified atom stereocenters. The number of nitrogens with zero attached hydrogens (tertiary/aromatic N) is 1. The number of likely N-dealkylation sites (N-methyl/N-ethyl adjacent to an activating group) is 1. The minimum absolute atomic E-state index is 0.00650. The minimum atomic E-state index is -0.00650. The van der Waals surface area contributed by atoms with Gasteiger partial charge in [0.25, 0.3) is 0 Å². The average Bonchev–Trinajstić information content (AvgIpc) is 3.06. The third-order valence-corrected chi connectivity index (χ3v) is 4.97. The molecule has 4 nitrogen and oxygen atoms in total. The van der Waals surface area contributed by atoms with Gasteiger partial charge in [-0.2, -0.15) is 0 Å². The molecule has 5 heteroatoms. The van der Waals surface area contributed by atoms with Gasteiger partial charge in [-0.05, 0) is 23.3 Å². The highest BCUT2D eigenvalue weighted by Crippen LogP contribution is 2.24. The van der Waals surface area contributed by atoms with Gasteiger partial charge in [0.2, 0.25) is 5.91 Å². The van der Waals surface area contributed by atoms with Crippen LogP contribution in [0.4, 0.5) is 0 Å². The first kappa shape index (κ1) is 16.6. The van der Waals surface area contributed by atoms with Gasteiger partial charge < -0.3 is 10.6 Å². The predicted octanol–water partition coefficient (Wildman–Crippen LogP) is 3.44. The van der Waals surface area contributed by atoms with E-state index in [2.05, 4.69) is 65.0 Å². The van der Waals surface area contributed by atoms with Crippen LogP contribution in [0.5, 0.6) is 0 Å². The largest absolute Gasteiger partial charge is 0.359 e. The molecule has 0 aliphatic rings. The average molecular weight is 339 g/mol. The van der Waals surface area contributed by atoms with E-state index in [4.69, 9.17) is 0 Å². The standard InChI is InChI=1S/C19H21N3OS/c1-13(16-9-5-7-14-6-3-4-8-17(14)16)21-11-15-12-24-19(22-15)10-18(23)20-2/h3-9,12-13,21H,10-11H2,1-2H3,(H,20,23)/t13-/m0/s1. The van der Waals surface area contributed by atoms with Crippen LogP contribution in [0.2, 0.25) is 0 Å². The monoisotopic (exact) mass is 339 g/mol. The normalized spacial score (nSPS) is 12.2. The van der Waals surface area contributed by atoms with Gasteiger partial charge in [-0.1, -0.05) is 42.5 Å². The van der Waals surface area contributed by atoms with E-state index in [0.717, 1.165) is 10.7 Å². The summed E-state index contributed by atoms with van der Waals surface area (Å²) in [6.07, 6.45) is 0.347. The van der Waals surface area contributed by atoms with Gasteiger partial charge in [0, 0.05) is 25.0 Å². The Hall–Kier alpha value is -2.24. The Labute approximate surface area is 145 Å². The fourth-order valence-corrected chi connectivity index (χ4v) is 3.53. The van der Waals surface area contributed by atoms with E-state index >= 15 is 0 Å². The Balaban J connectivity index is 1.67. The number of carbonyl (C=O) groups excluding carboxylic acids is 1. The van der Waals surface area contributed by atoms with Crippen LogP contribution in [-0.4, -0.2) is 17.9 Å². The first-order valence-corrected chi connectivity index (χ1v) is 8.90. The maximum Gasteiger partial charge on any atom is 0.226 e. The van der Waals surface area contributed by atoms with Crippen molar-refractivity contribution in [2.45, 2.75) is 25.9 Å². The van der Waals surface area contributed by atoms with Gasteiger partial charge >= 0.3 is 0 Å². The van der Waals surface area contributed by atoms with Crippen LogP contribution >= 0.6 is 11.3 Å². The third kappa shape index (κ3) is 3.80. The molecule has 2 N–H and O–H groups in total. The Morgan fingerprint density at radius 1 is 1.21 bits per heavy atom. The Morgan fingerprint density at radius 3 is 2.83 bits per heavy atom. The number of carbonyl (C=O) groups is 1. The smallest absolute Gasteiger partial charge is 0.226 e. The van der Waals surface area contributed by atoms with E-state index in [0.29, 0.717) is 13.0 Å². The molecule has 1 aromatic heterocycles. The summed E-state index contributed by atoms with van der Waals surface area (Å²) in [7, 11) is 1.64. The molecule has 0 aliphatic heterocycles. The summed E-state index contributed by atoms with van der Waals surface area (Å²) in [5.41, 5.74) is 2.26. The van der Waals surface area contributed by atoms with E-state index < -0.39 is 0 Å². The second-order valence-electron chi connectivity index (χ2n) is 5.75. The van der Waals surface area contributed by atoms with Gasteiger partial charge in [-0.25, -0.2) is 4.98 Å². The lowest BCUT2D eigenvalue weighted by atomic mass is 10.00. The van der Waals surface area contributed by atoms with Crippen LogP contribution in [0, 0.1) is 0 Å². The quantitative estimate of drug-likeness (QED) is 0.723. The number of rotatable bonds is 6. The number of thiazole rings is 1. The molecule has 2 aromatic carbocycles. The molecular formula is C19H21N3OS. The molecule has 0 radical (unpaired) electrons. The van der Waals surface area contributed by atoms with Gasteiger partial charge in [-0.3, -0.25) is 4.79 Å². The number of aromatic nitrogens is 1. The molecule has 0 saturated carbocycles. The summed E-state index contributed by atoms with van der Waals surface area (Å²) < 4.78 is 0. The lowest BCUT2D eigenvalue weighted by Gasteiger charge is -2.16. The van der Waals surface area contributed by atoms with Crippen molar-refractivity contribution in [2.75, 3.05) is 7.05 Å². The van der Waals surface area contributed by atoms with E-state index in [1.165, 1.54) is 27.7 Å². The lowest BCUT2D eigenvalue weighted by Crippen LogP contribution is -2.20. The number of hydrogen-bond donors (Lipinski definition) is 2. The van der Waals surface area contributed by atoms with Crippen molar-refractivity contribution in [3.63, 3.8) is 0 Å². The topological polar surface area (TPSA) is 54.0 Å². The summed E-state index contributed by atoms with van der Waals surface area (Å²) in [6.45, 7) is 2.86. The molecule has 3 rings (SSSR count). The maximum absolute atomic E-state index is 11.4. The van der Waals surface area contributed by atoms with Gasteiger partial charge in [-0.15, -0.1) is 11.3 Å². The molecule has 0 fully saturated rings. The second kappa shape index (κ2) is 7.55. The molecule has 1 atom stereocenters. The van der Waals surface area contributed by atoms with Crippen LogP contribution < -0.4 is 10.6 Å². The van der Waals surface area contributed by atoms with Crippen molar-refractivity contribution in [3.8, 4) is 0 Å². The molecule has 0 spiro atoms. The fraction of sp³-hybridized carbons (Fsp3) is 0.263. The number of benzene rings is 2. The second-order valence-corrected chi connectivity index (χ2v) is 6.70. The van der Waals surface area contributed by atoms with Crippen LogP contribution in [0.1, 0.15) is 29.2 Å². The van der Waals surface area contributed by atoms with Gasteiger partial charge in [0.05, 0.1) is 12.1 Å². The van der Waals surface area contributed by atoms with Gasteiger partial charge in [0.1, 0.15) is 5.01 Å². The Morgan fingerprint density at radius 2 is 2.00 bits per heavy atom. The van der Waals surface area contributed by atoms with Crippen molar-refractivity contribution in [1.29, 1.82) is 0 Å². The SMILES string of the molecule is CNC(=O)Cc1nc(CN[C@@H](C)c2cccc3ccccc23)cs1.